The highest BCUT2D eigenvalue weighted by atomic mass is 16.8. The van der Waals surface area contributed by atoms with Crippen LogP contribution in [0, 0.1) is 0 Å². The molecule has 2 aromatic carbocycles. The Hall–Kier alpha value is -3.50. The highest BCUT2D eigenvalue weighted by molar-refractivity contribution is 6.31. The van der Waals surface area contributed by atoms with Gasteiger partial charge < -0.3 is 97.3 Å². The van der Waals surface area contributed by atoms with Gasteiger partial charge in [-0.2, -0.15) is 0 Å². The van der Waals surface area contributed by atoms with E-state index in [-0.39, 0.29) is 96.6 Å². The monoisotopic (exact) mass is 1160 g/mol. The highest BCUT2D eigenvalue weighted by Crippen LogP contribution is 2.58. The van der Waals surface area contributed by atoms with E-state index >= 15 is 0 Å². The SMILES string of the molecule is CC[C@@]1(O)C[C@H](O[C@@H]2C[C@@H](N(C)C)[C@@H](O[C@@H]3CC[C@@H](O[C@@H]4CC[C@@H](O)[C@H](C)O4)[C@H](C)O3)[C@H](C)O2)c2c(O)c3c(c(O)c2[C@H]1O[C@@H]1C[C@@H](N(C)C)[C@@H](O[C@@H]2CC[C@@H](O[C@@H]4CC[C@@H](O)[C@H](C)O4)[C@H](C)O2)[C@H](C)O1)C(=O)c1cccc(O)c1C3=O. The van der Waals surface area contributed by atoms with E-state index in [0.717, 1.165) is 0 Å². The predicted octanol–water partition coefficient (Wildman–Crippen LogP) is 5.73. The first-order chi connectivity index (χ1) is 38.9. The van der Waals surface area contributed by atoms with Crippen molar-refractivity contribution in [2.24, 2.45) is 0 Å². The maximum Gasteiger partial charge on any atom is 0.202 e. The van der Waals surface area contributed by atoms with Crippen molar-refractivity contribution in [3.05, 3.63) is 51.6 Å². The minimum absolute atomic E-state index is 0.0402. The van der Waals surface area contributed by atoms with Crippen LogP contribution in [0.15, 0.2) is 18.2 Å². The molecule has 22 nitrogen and oxygen atoms in total. The van der Waals surface area contributed by atoms with Crippen LogP contribution in [0.2, 0.25) is 0 Å². The summed E-state index contributed by atoms with van der Waals surface area (Å²) in [6.07, 6.45) is -6.74. The van der Waals surface area contributed by atoms with Crippen molar-refractivity contribution in [2.75, 3.05) is 28.2 Å². The maximum atomic E-state index is 14.5. The number of likely N-dealkylation sites (N-methyl/N-ethyl adjacent to an activating group) is 2. The van der Waals surface area contributed by atoms with Gasteiger partial charge >= 0.3 is 0 Å². The number of hydrogen-bond acceptors (Lipinski definition) is 22. The lowest BCUT2D eigenvalue weighted by atomic mass is 9.70. The second kappa shape index (κ2) is 25.1. The number of aromatic hydroxyl groups is 3. The van der Waals surface area contributed by atoms with Crippen LogP contribution in [0.5, 0.6) is 17.2 Å². The number of aliphatic hydroxyl groups is 3. The first-order valence-electron chi connectivity index (χ1n) is 29.7. The number of benzene rings is 2. The molecule has 0 unspecified atom stereocenters. The number of carbonyl (C=O) groups is 2. The number of phenolic OH excluding ortho intramolecular Hbond substituents is 3. The summed E-state index contributed by atoms with van der Waals surface area (Å²) in [5.41, 5.74) is -3.57. The summed E-state index contributed by atoms with van der Waals surface area (Å²) >= 11 is 0. The van der Waals surface area contributed by atoms with Gasteiger partial charge in [-0.1, -0.05) is 19.1 Å². The largest absolute Gasteiger partial charge is 0.507 e. The minimum Gasteiger partial charge on any atom is -0.507 e. The van der Waals surface area contributed by atoms with E-state index in [1.54, 1.807) is 6.92 Å². The van der Waals surface area contributed by atoms with Gasteiger partial charge in [-0.25, -0.2) is 0 Å². The van der Waals surface area contributed by atoms with E-state index < -0.39 is 132 Å². The van der Waals surface area contributed by atoms with Crippen LogP contribution in [0.3, 0.4) is 0 Å². The molecule has 0 saturated carbocycles. The number of fused-ring (bicyclic) bond motifs is 3. The normalized spacial score (nSPS) is 41.8. The molecule has 10 rings (SSSR count). The second-order valence-electron chi connectivity index (χ2n) is 24.6. The summed E-state index contributed by atoms with van der Waals surface area (Å²) in [7, 11) is 7.69. The van der Waals surface area contributed by atoms with Gasteiger partial charge in [0.1, 0.15) is 35.6 Å². The van der Waals surface area contributed by atoms with E-state index in [9.17, 15) is 40.2 Å². The average molecular weight is 1160 g/mol. The summed E-state index contributed by atoms with van der Waals surface area (Å²) < 4.78 is 77.8. The number of hydrogen-bond donors (Lipinski definition) is 6. The molecule has 0 aromatic heterocycles. The summed E-state index contributed by atoms with van der Waals surface area (Å²) in [5.74, 6) is -3.53. The Morgan fingerprint density at radius 1 is 0.524 bits per heavy atom. The van der Waals surface area contributed by atoms with E-state index in [1.165, 1.54) is 18.2 Å². The first-order valence-corrected chi connectivity index (χ1v) is 29.7. The third-order valence-corrected chi connectivity index (χ3v) is 18.6. The molecule has 6 aliphatic heterocycles. The lowest BCUT2D eigenvalue weighted by Gasteiger charge is -2.50. The maximum absolute atomic E-state index is 14.5. The number of ether oxygens (including phenoxy) is 12. The van der Waals surface area contributed by atoms with Gasteiger partial charge in [0.05, 0.1) is 89.4 Å². The zero-order chi connectivity index (χ0) is 58.8. The molecule has 6 heterocycles. The molecule has 2 aromatic rings. The average Bonchev–Trinajstić information content (AvgIpc) is 3.62. The molecule has 0 spiro atoms. The van der Waals surface area contributed by atoms with Crippen molar-refractivity contribution in [2.45, 2.75) is 266 Å². The van der Waals surface area contributed by atoms with Gasteiger partial charge in [0.15, 0.2) is 43.5 Å². The predicted molar refractivity (Wildman–Crippen MR) is 291 cm³/mol. The fourth-order valence-electron chi connectivity index (χ4n) is 13.7. The standard InChI is InChI=1S/C60H88N2O20/c1-12-60(70)26-41(79-46-24-34(61(8)9)57(31(6)75-46)80-44-22-18-39(29(4)73-44)77-42-20-16-36(63)27(2)71-42)49-52(56(69)50-51(55(49)68)54(67)48-33(53(50)66)14-13-15-38(48)65)59(60)82-47-25-35(62(10)11)58(32(7)76-47)81-45-23-19-40(30(5)74-45)78-43-21-17-37(64)28(3)72-43/h13-15,27-32,34-37,39-47,57-59,63-65,68-70H,12,16-26H2,1-11H3/t27-,28-,29-,30-,31-,32-,34+,35+,36+,37+,39+,40+,41-,42+,43+,44+,45+,46+,47+,57-,58-,59+,60+/m0/s1. The zero-order valence-corrected chi connectivity index (χ0v) is 49.2. The van der Waals surface area contributed by atoms with Crippen molar-refractivity contribution in [1.82, 2.24) is 9.80 Å². The third kappa shape index (κ3) is 12.3. The van der Waals surface area contributed by atoms with E-state index in [2.05, 4.69) is 0 Å². The van der Waals surface area contributed by atoms with Crippen LogP contribution < -0.4 is 0 Å². The van der Waals surface area contributed by atoms with Crippen molar-refractivity contribution >= 4 is 11.6 Å². The molecule has 458 valence electrons. The molecule has 0 radical (unpaired) electrons. The summed E-state index contributed by atoms with van der Waals surface area (Å²) in [4.78, 5) is 33.1. The molecule has 0 bridgehead atoms. The molecule has 22 heteroatoms. The fraction of sp³-hybridized carbons (Fsp3) is 0.767. The Bertz CT molecular complexity index is 2590. The molecular weight excluding hydrogens is 1070 g/mol. The Morgan fingerprint density at radius 3 is 1.44 bits per heavy atom. The van der Waals surface area contributed by atoms with Crippen LogP contribution in [0.1, 0.15) is 181 Å². The van der Waals surface area contributed by atoms with Crippen molar-refractivity contribution in [3.63, 3.8) is 0 Å². The number of aliphatic hydroxyl groups excluding tert-OH is 2. The number of carbonyl (C=O) groups excluding carboxylic acids is 2. The van der Waals surface area contributed by atoms with Crippen molar-refractivity contribution < 1.29 is 97.1 Å². The van der Waals surface area contributed by atoms with Gasteiger partial charge in [-0.15, -0.1) is 0 Å². The van der Waals surface area contributed by atoms with E-state index in [1.807, 2.05) is 79.5 Å². The summed E-state index contributed by atoms with van der Waals surface area (Å²) in [6.45, 7) is 13.0. The molecule has 23 atom stereocenters. The van der Waals surface area contributed by atoms with Gasteiger partial charge in [0.2, 0.25) is 5.78 Å². The fourth-order valence-corrected chi connectivity index (χ4v) is 13.7. The molecule has 2 aliphatic carbocycles. The third-order valence-electron chi connectivity index (χ3n) is 18.6. The van der Waals surface area contributed by atoms with Gasteiger partial charge in [-0.05, 0) is 108 Å². The van der Waals surface area contributed by atoms with Crippen molar-refractivity contribution in [3.8, 4) is 17.2 Å². The van der Waals surface area contributed by atoms with Crippen molar-refractivity contribution in [1.29, 1.82) is 0 Å². The van der Waals surface area contributed by atoms with E-state index in [4.69, 9.17) is 56.8 Å². The first kappa shape index (κ1) is 61.6. The number of phenols is 3. The van der Waals surface area contributed by atoms with Crippen LogP contribution >= 0.6 is 0 Å². The quantitative estimate of drug-likeness (QED) is 0.0992. The van der Waals surface area contributed by atoms with Crippen LogP contribution in [-0.2, 0) is 56.8 Å². The summed E-state index contributed by atoms with van der Waals surface area (Å²) in [5, 5.41) is 69.7. The zero-order valence-electron chi connectivity index (χ0n) is 49.2. The lowest BCUT2D eigenvalue weighted by molar-refractivity contribution is -0.324. The second-order valence-corrected chi connectivity index (χ2v) is 24.6. The van der Waals surface area contributed by atoms with Gasteiger partial charge in [0.25, 0.3) is 0 Å². The Kier molecular flexibility index (Phi) is 18.8. The Morgan fingerprint density at radius 2 is 0.963 bits per heavy atom. The highest BCUT2D eigenvalue weighted by Gasteiger charge is 2.55. The van der Waals surface area contributed by atoms with Crippen LogP contribution in [0.4, 0.5) is 0 Å². The van der Waals surface area contributed by atoms with Gasteiger partial charge in [0, 0.05) is 73.7 Å². The summed E-state index contributed by atoms with van der Waals surface area (Å²) in [6, 6.07) is 3.42. The molecule has 0 amide bonds. The molecule has 6 fully saturated rings. The Balaban J connectivity index is 0.885. The van der Waals surface area contributed by atoms with Gasteiger partial charge in [-0.3, -0.25) is 9.59 Å². The topological polar surface area (TPSA) is 273 Å². The molecular formula is C60H88N2O20. The van der Waals surface area contributed by atoms with Crippen LogP contribution in [0.25, 0.3) is 0 Å². The number of nitrogens with zero attached hydrogens (tertiary/aromatic N) is 2. The number of ketones is 2. The lowest BCUT2D eigenvalue weighted by Crippen LogP contribution is -2.57. The Labute approximate surface area is 480 Å². The molecule has 8 aliphatic rings. The van der Waals surface area contributed by atoms with Crippen LogP contribution in [-0.4, -0.2) is 209 Å². The number of rotatable bonds is 15. The molecule has 6 saturated heterocycles. The molecule has 82 heavy (non-hydrogen) atoms. The molecule has 6 N–H and O–H groups in total. The minimum atomic E-state index is -1.85. The van der Waals surface area contributed by atoms with E-state index in [0.29, 0.717) is 51.4 Å². The smallest absolute Gasteiger partial charge is 0.202 e.